The zero-order chi connectivity index (χ0) is 15.1. The van der Waals surface area contributed by atoms with Crippen LogP contribution in [0.4, 0.5) is 18.9 Å². The molecule has 0 saturated heterocycles. The van der Waals surface area contributed by atoms with Gasteiger partial charge in [0.1, 0.15) is 5.82 Å². The number of hydrogen-bond acceptors (Lipinski definition) is 2. The van der Waals surface area contributed by atoms with Crippen LogP contribution < -0.4 is 5.73 Å². The Morgan fingerprint density at radius 1 is 1.10 bits per heavy atom. The van der Waals surface area contributed by atoms with Gasteiger partial charge in [0.15, 0.2) is 17.5 Å². The van der Waals surface area contributed by atoms with Gasteiger partial charge in [0, 0.05) is 24.2 Å². The Hall–Kier alpha value is -2.50. The van der Waals surface area contributed by atoms with Gasteiger partial charge >= 0.3 is 0 Å². The number of imidazole rings is 1. The third-order valence-corrected chi connectivity index (χ3v) is 3.29. The van der Waals surface area contributed by atoms with Gasteiger partial charge in [0.05, 0.1) is 16.7 Å². The Morgan fingerprint density at radius 3 is 2.38 bits per heavy atom. The van der Waals surface area contributed by atoms with Gasteiger partial charge in [-0.15, -0.1) is 0 Å². The molecule has 1 heterocycles. The SMILES string of the molecule is CCc1nc2cc(N)ccc2n1-c1cc(F)c(F)c(F)c1. The summed E-state index contributed by atoms with van der Waals surface area (Å²) in [5.74, 6) is -3.33. The van der Waals surface area contributed by atoms with Crippen LogP contribution in [0.25, 0.3) is 16.7 Å². The molecule has 2 aromatic carbocycles. The highest BCUT2D eigenvalue weighted by atomic mass is 19.2. The number of halogens is 3. The summed E-state index contributed by atoms with van der Waals surface area (Å²) in [6, 6.07) is 6.98. The van der Waals surface area contributed by atoms with Crippen LogP contribution in [-0.2, 0) is 6.42 Å². The van der Waals surface area contributed by atoms with Crippen molar-refractivity contribution in [3.8, 4) is 5.69 Å². The number of nitrogen functional groups attached to an aromatic ring is 1. The number of fused-ring (bicyclic) bond motifs is 1. The normalized spacial score (nSPS) is 11.2. The minimum Gasteiger partial charge on any atom is -0.399 e. The molecule has 2 N–H and O–H groups in total. The first-order valence-electron chi connectivity index (χ1n) is 6.43. The first-order chi connectivity index (χ1) is 10.0. The minimum atomic E-state index is -1.48. The van der Waals surface area contributed by atoms with E-state index in [-0.39, 0.29) is 5.69 Å². The van der Waals surface area contributed by atoms with Gasteiger partial charge in [-0.3, -0.25) is 4.57 Å². The quantitative estimate of drug-likeness (QED) is 0.579. The molecule has 0 unspecified atom stereocenters. The summed E-state index contributed by atoms with van der Waals surface area (Å²) in [5, 5.41) is 0. The van der Waals surface area contributed by atoms with Gasteiger partial charge in [-0.2, -0.15) is 0 Å². The predicted molar refractivity (Wildman–Crippen MR) is 74.7 cm³/mol. The molecule has 3 nitrogen and oxygen atoms in total. The molecule has 0 aliphatic carbocycles. The smallest absolute Gasteiger partial charge is 0.194 e. The molecular weight excluding hydrogens is 279 g/mol. The van der Waals surface area contributed by atoms with Crippen molar-refractivity contribution in [3.05, 3.63) is 53.6 Å². The van der Waals surface area contributed by atoms with Gasteiger partial charge < -0.3 is 5.73 Å². The Morgan fingerprint density at radius 2 is 1.76 bits per heavy atom. The van der Waals surface area contributed by atoms with Crippen LogP contribution >= 0.6 is 0 Å². The fourth-order valence-electron chi connectivity index (χ4n) is 2.34. The molecule has 0 aliphatic rings. The molecule has 3 aromatic rings. The number of nitrogens with zero attached hydrogens (tertiary/aromatic N) is 2. The summed E-state index contributed by atoms with van der Waals surface area (Å²) in [6.07, 6.45) is 0.551. The Labute approximate surface area is 118 Å². The van der Waals surface area contributed by atoms with Gasteiger partial charge in [-0.05, 0) is 18.2 Å². The number of nitrogens with two attached hydrogens (primary N) is 1. The van der Waals surface area contributed by atoms with Crippen LogP contribution in [0.15, 0.2) is 30.3 Å². The fraction of sp³-hybridized carbons (Fsp3) is 0.133. The van der Waals surface area contributed by atoms with Crippen molar-refractivity contribution in [3.63, 3.8) is 0 Å². The number of hydrogen-bond donors (Lipinski definition) is 1. The average molecular weight is 291 g/mol. The second kappa shape index (κ2) is 4.80. The standard InChI is InChI=1S/C15H12F3N3/c1-2-14-20-12-5-8(19)3-4-13(12)21(14)9-6-10(16)15(18)11(17)7-9/h3-7H,2,19H2,1H3. The third kappa shape index (κ3) is 2.12. The van der Waals surface area contributed by atoms with Gasteiger partial charge in [-0.1, -0.05) is 6.92 Å². The van der Waals surface area contributed by atoms with E-state index in [9.17, 15) is 13.2 Å². The lowest BCUT2D eigenvalue weighted by Crippen LogP contribution is -2.03. The number of anilines is 1. The van der Waals surface area contributed by atoms with Gasteiger partial charge in [0.25, 0.3) is 0 Å². The summed E-state index contributed by atoms with van der Waals surface area (Å²) in [4.78, 5) is 4.39. The fourth-order valence-corrected chi connectivity index (χ4v) is 2.34. The van der Waals surface area contributed by atoms with Crippen molar-refractivity contribution in [2.75, 3.05) is 5.73 Å². The van der Waals surface area contributed by atoms with E-state index in [1.54, 1.807) is 22.8 Å². The highest BCUT2D eigenvalue weighted by Crippen LogP contribution is 2.25. The van der Waals surface area contributed by atoms with E-state index in [2.05, 4.69) is 4.98 Å². The molecule has 1 aromatic heterocycles. The molecule has 0 bridgehead atoms. The van der Waals surface area contributed by atoms with E-state index in [1.165, 1.54) is 0 Å². The summed E-state index contributed by atoms with van der Waals surface area (Å²) < 4.78 is 41.6. The Balaban J connectivity index is 2.33. The molecule has 0 saturated carbocycles. The predicted octanol–water partition coefficient (Wildman–Crippen LogP) is 3.59. The largest absolute Gasteiger partial charge is 0.399 e. The summed E-state index contributed by atoms with van der Waals surface area (Å²) >= 11 is 0. The number of aromatic nitrogens is 2. The lowest BCUT2D eigenvalue weighted by atomic mass is 10.2. The Bertz CT molecular complexity index is 817. The monoisotopic (exact) mass is 291 g/mol. The molecule has 0 spiro atoms. The van der Waals surface area contributed by atoms with E-state index in [0.29, 0.717) is 29.0 Å². The van der Waals surface area contributed by atoms with E-state index < -0.39 is 17.5 Å². The molecule has 3 rings (SSSR count). The molecule has 0 atom stereocenters. The molecule has 0 amide bonds. The lowest BCUT2D eigenvalue weighted by Gasteiger charge is -2.09. The number of aryl methyl sites for hydroxylation is 1. The molecule has 6 heteroatoms. The molecule has 0 radical (unpaired) electrons. The maximum atomic E-state index is 13.5. The topological polar surface area (TPSA) is 43.8 Å². The van der Waals surface area contributed by atoms with Crippen LogP contribution in [0.3, 0.4) is 0 Å². The van der Waals surface area contributed by atoms with Gasteiger partial charge in [-0.25, -0.2) is 18.2 Å². The van der Waals surface area contributed by atoms with Crippen LogP contribution in [0.2, 0.25) is 0 Å². The van der Waals surface area contributed by atoms with Gasteiger partial charge in [0.2, 0.25) is 0 Å². The van der Waals surface area contributed by atoms with Crippen molar-refractivity contribution < 1.29 is 13.2 Å². The highest BCUT2D eigenvalue weighted by Gasteiger charge is 2.16. The van der Waals surface area contributed by atoms with Crippen molar-refractivity contribution >= 4 is 16.7 Å². The van der Waals surface area contributed by atoms with Crippen LogP contribution in [0.1, 0.15) is 12.7 Å². The highest BCUT2D eigenvalue weighted by molar-refractivity contribution is 5.81. The molecule has 21 heavy (non-hydrogen) atoms. The molecule has 0 fully saturated rings. The first kappa shape index (κ1) is 13.5. The van der Waals surface area contributed by atoms with E-state index in [1.807, 2.05) is 6.92 Å². The van der Waals surface area contributed by atoms with Crippen molar-refractivity contribution in [1.29, 1.82) is 0 Å². The van der Waals surface area contributed by atoms with Crippen LogP contribution in [0, 0.1) is 17.5 Å². The first-order valence-corrected chi connectivity index (χ1v) is 6.43. The number of rotatable bonds is 2. The average Bonchev–Trinajstić information content (AvgIpc) is 2.81. The number of benzene rings is 2. The second-order valence-electron chi connectivity index (χ2n) is 4.69. The molecule has 0 aliphatic heterocycles. The van der Waals surface area contributed by atoms with Crippen LogP contribution in [0.5, 0.6) is 0 Å². The van der Waals surface area contributed by atoms with E-state index in [0.717, 1.165) is 12.1 Å². The third-order valence-electron chi connectivity index (χ3n) is 3.29. The van der Waals surface area contributed by atoms with E-state index >= 15 is 0 Å². The second-order valence-corrected chi connectivity index (χ2v) is 4.69. The zero-order valence-electron chi connectivity index (χ0n) is 11.2. The van der Waals surface area contributed by atoms with Crippen molar-refractivity contribution in [2.24, 2.45) is 0 Å². The molecular formula is C15H12F3N3. The Kier molecular flexibility index (Phi) is 3.08. The van der Waals surface area contributed by atoms with Crippen molar-refractivity contribution in [2.45, 2.75) is 13.3 Å². The molecule has 108 valence electrons. The minimum absolute atomic E-state index is 0.190. The van der Waals surface area contributed by atoms with Crippen LogP contribution in [-0.4, -0.2) is 9.55 Å². The summed E-state index contributed by atoms with van der Waals surface area (Å²) in [6.45, 7) is 1.87. The summed E-state index contributed by atoms with van der Waals surface area (Å²) in [5.41, 5.74) is 7.73. The maximum Gasteiger partial charge on any atom is 0.194 e. The van der Waals surface area contributed by atoms with Crippen molar-refractivity contribution in [1.82, 2.24) is 9.55 Å². The maximum absolute atomic E-state index is 13.5. The lowest BCUT2D eigenvalue weighted by molar-refractivity contribution is 0.446. The zero-order valence-corrected chi connectivity index (χ0v) is 11.2. The van der Waals surface area contributed by atoms with E-state index in [4.69, 9.17) is 5.73 Å². The summed E-state index contributed by atoms with van der Waals surface area (Å²) in [7, 11) is 0.